The van der Waals surface area contributed by atoms with E-state index < -0.39 is 0 Å². The van der Waals surface area contributed by atoms with E-state index in [-0.39, 0.29) is 12.0 Å². The predicted molar refractivity (Wildman–Crippen MR) is 83.6 cm³/mol. The number of hydrogen-bond donors (Lipinski definition) is 1. The van der Waals surface area contributed by atoms with E-state index in [9.17, 15) is 9.90 Å². The maximum Gasteiger partial charge on any atom is 0.253 e. The Bertz CT molecular complexity index is 633. The highest BCUT2D eigenvalue weighted by atomic mass is 32.1. The lowest BCUT2D eigenvalue weighted by molar-refractivity contribution is 0.0554. The molecule has 1 N–H and O–H groups in total. The minimum absolute atomic E-state index is 0.0852. The van der Waals surface area contributed by atoms with Crippen molar-refractivity contribution in [1.82, 2.24) is 14.8 Å². The molecule has 1 aromatic carbocycles. The van der Waals surface area contributed by atoms with Crippen LogP contribution in [0.5, 0.6) is 0 Å². The molecule has 2 heterocycles. The molecule has 0 radical (unpaired) electrons. The molecule has 2 aromatic rings. The summed E-state index contributed by atoms with van der Waals surface area (Å²) in [5.74, 6) is 0.0852. The number of fused-ring (bicyclic) bond motifs is 1. The number of aliphatic hydroxyl groups excluding tert-OH is 1. The summed E-state index contributed by atoms with van der Waals surface area (Å²) in [7, 11) is 0. The van der Waals surface area contributed by atoms with Crippen molar-refractivity contribution in [3.8, 4) is 0 Å². The van der Waals surface area contributed by atoms with Gasteiger partial charge < -0.3 is 10.0 Å². The Morgan fingerprint density at radius 3 is 2.86 bits per heavy atom. The second-order valence-electron chi connectivity index (χ2n) is 5.48. The molecule has 1 aliphatic rings. The first-order valence-electron chi connectivity index (χ1n) is 7.16. The summed E-state index contributed by atoms with van der Waals surface area (Å²) >= 11 is 1.55. The summed E-state index contributed by atoms with van der Waals surface area (Å²) in [5, 5.41) is 9.41. The minimum Gasteiger partial charge on any atom is -0.392 e. The lowest BCUT2D eigenvalue weighted by atomic mass is 10.1. The van der Waals surface area contributed by atoms with Crippen LogP contribution in [0.3, 0.4) is 0 Å². The van der Waals surface area contributed by atoms with Gasteiger partial charge in [0.1, 0.15) is 0 Å². The van der Waals surface area contributed by atoms with Gasteiger partial charge >= 0.3 is 0 Å². The van der Waals surface area contributed by atoms with Gasteiger partial charge in [-0.05, 0) is 25.1 Å². The van der Waals surface area contributed by atoms with Gasteiger partial charge in [0.15, 0.2) is 0 Å². The second kappa shape index (κ2) is 6.09. The topological polar surface area (TPSA) is 56.7 Å². The summed E-state index contributed by atoms with van der Waals surface area (Å²) < 4.78 is 1.05. The third-order valence-electron chi connectivity index (χ3n) is 3.76. The molecule has 1 aliphatic heterocycles. The van der Waals surface area contributed by atoms with Gasteiger partial charge in [-0.25, -0.2) is 4.98 Å². The highest BCUT2D eigenvalue weighted by molar-refractivity contribution is 7.16. The maximum atomic E-state index is 12.5. The zero-order valence-electron chi connectivity index (χ0n) is 12.0. The standard InChI is InChI=1S/C15H19N3O2S/c1-11(19)9-17-4-6-18(7-5-17)15(20)12-2-3-13-14(8-12)21-10-16-13/h2-3,8,10-11,19H,4-7,9H2,1H3/t11-/m0/s1. The fourth-order valence-electron chi connectivity index (χ4n) is 2.68. The number of hydrogen-bond acceptors (Lipinski definition) is 5. The predicted octanol–water partition coefficient (Wildman–Crippen LogP) is 1.43. The van der Waals surface area contributed by atoms with Crippen LogP contribution in [0.4, 0.5) is 0 Å². The average Bonchev–Trinajstić information content (AvgIpc) is 2.94. The van der Waals surface area contributed by atoms with Crippen molar-refractivity contribution in [1.29, 1.82) is 0 Å². The van der Waals surface area contributed by atoms with Gasteiger partial charge in [0.25, 0.3) is 5.91 Å². The monoisotopic (exact) mass is 305 g/mol. The van der Waals surface area contributed by atoms with Gasteiger partial charge in [0, 0.05) is 38.3 Å². The molecule has 0 aliphatic carbocycles. The van der Waals surface area contributed by atoms with Crippen molar-refractivity contribution in [3.05, 3.63) is 29.3 Å². The number of rotatable bonds is 3. The Morgan fingerprint density at radius 2 is 2.14 bits per heavy atom. The molecule has 21 heavy (non-hydrogen) atoms. The number of nitrogens with zero attached hydrogens (tertiary/aromatic N) is 3. The summed E-state index contributed by atoms with van der Waals surface area (Å²) in [5.41, 5.74) is 3.47. The van der Waals surface area contributed by atoms with Crippen molar-refractivity contribution < 1.29 is 9.90 Å². The highest BCUT2D eigenvalue weighted by Crippen LogP contribution is 2.20. The van der Waals surface area contributed by atoms with Crippen molar-refractivity contribution in [2.75, 3.05) is 32.7 Å². The van der Waals surface area contributed by atoms with E-state index in [1.54, 1.807) is 23.8 Å². The molecule has 1 amide bonds. The van der Waals surface area contributed by atoms with Gasteiger partial charge in [0.2, 0.25) is 0 Å². The molecule has 0 bridgehead atoms. The Balaban J connectivity index is 1.66. The number of aliphatic hydroxyl groups is 1. The number of β-amino-alcohol motifs (C(OH)–C–C–N with tert-alkyl or cyclic N) is 1. The summed E-state index contributed by atoms with van der Waals surface area (Å²) in [4.78, 5) is 20.9. The number of carbonyl (C=O) groups is 1. The molecule has 1 fully saturated rings. The van der Waals surface area contributed by atoms with Crippen LogP contribution in [0.15, 0.2) is 23.7 Å². The van der Waals surface area contributed by atoms with E-state index in [0.717, 1.165) is 28.9 Å². The van der Waals surface area contributed by atoms with Gasteiger partial charge in [0.05, 0.1) is 21.8 Å². The van der Waals surface area contributed by atoms with Gasteiger partial charge in [-0.2, -0.15) is 0 Å². The van der Waals surface area contributed by atoms with Crippen molar-refractivity contribution in [2.45, 2.75) is 13.0 Å². The highest BCUT2D eigenvalue weighted by Gasteiger charge is 2.22. The molecule has 6 heteroatoms. The van der Waals surface area contributed by atoms with Crippen LogP contribution in [-0.2, 0) is 0 Å². The second-order valence-corrected chi connectivity index (χ2v) is 6.36. The van der Waals surface area contributed by atoms with Crippen LogP contribution in [0.1, 0.15) is 17.3 Å². The van der Waals surface area contributed by atoms with E-state index in [1.807, 2.05) is 23.1 Å². The first-order valence-corrected chi connectivity index (χ1v) is 8.04. The minimum atomic E-state index is -0.319. The van der Waals surface area contributed by atoms with E-state index in [4.69, 9.17) is 0 Å². The Labute approximate surface area is 127 Å². The number of aromatic nitrogens is 1. The zero-order valence-corrected chi connectivity index (χ0v) is 12.8. The lowest BCUT2D eigenvalue weighted by Gasteiger charge is -2.35. The molecule has 5 nitrogen and oxygen atoms in total. The Hall–Kier alpha value is -1.50. The maximum absolute atomic E-state index is 12.5. The summed E-state index contributed by atoms with van der Waals surface area (Å²) in [6, 6.07) is 5.69. The van der Waals surface area contributed by atoms with E-state index >= 15 is 0 Å². The average molecular weight is 305 g/mol. The number of benzene rings is 1. The van der Waals surface area contributed by atoms with E-state index in [2.05, 4.69) is 9.88 Å². The first kappa shape index (κ1) is 14.4. The third-order valence-corrected chi connectivity index (χ3v) is 4.55. The van der Waals surface area contributed by atoms with Gasteiger partial charge in [-0.15, -0.1) is 11.3 Å². The van der Waals surface area contributed by atoms with Crippen molar-refractivity contribution in [3.63, 3.8) is 0 Å². The number of piperazine rings is 1. The van der Waals surface area contributed by atoms with Gasteiger partial charge in [-0.1, -0.05) is 0 Å². The molecule has 0 spiro atoms. The molecule has 112 valence electrons. The molecule has 1 aromatic heterocycles. The molecule has 1 saturated heterocycles. The molecule has 0 unspecified atom stereocenters. The lowest BCUT2D eigenvalue weighted by Crippen LogP contribution is -2.50. The Kier molecular flexibility index (Phi) is 4.19. The van der Waals surface area contributed by atoms with Crippen LogP contribution in [0.2, 0.25) is 0 Å². The fourth-order valence-corrected chi connectivity index (χ4v) is 3.39. The van der Waals surface area contributed by atoms with E-state index in [1.165, 1.54) is 0 Å². The van der Waals surface area contributed by atoms with Crippen LogP contribution in [0, 0.1) is 0 Å². The SMILES string of the molecule is C[C@H](O)CN1CCN(C(=O)c2ccc3ncsc3c2)CC1. The smallest absolute Gasteiger partial charge is 0.253 e. The van der Waals surface area contributed by atoms with Crippen LogP contribution >= 0.6 is 11.3 Å². The molecule has 3 rings (SSSR count). The van der Waals surface area contributed by atoms with Crippen LogP contribution in [0.25, 0.3) is 10.2 Å². The molecular weight excluding hydrogens is 286 g/mol. The fraction of sp³-hybridized carbons (Fsp3) is 0.467. The largest absolute Gasteiger partial charge is 0.392 e. The van der Waals surface area contributed by atoms with Crippen molar-refractivity contribution >= 4 is 27.5 Å². The molecule has 1 atom stereocenters. The van der Waals surface area contributed by atoms with Crippen molar-refractivity contribution in [2.24, 2.45) is 0 Å². The first-order chi connectivity index (χ1) is 10.1. The van der Waals surface area contributed by atoms with E-state index in [0.29, 0.717) is 19.6 Å². The Morgan fingerprint density at radius 1 is 1.38 bits per heavy atom. The molecule has 0 saturated carbocycles. The van der Waals surface area contributed by atoms with Crippen LogP contribution in [-0.4, -0.2) is 64.6 Å². The summed E-state index contributed by atoms with van der Waals surface area (Å²) in [6.45, 7) is 5.54. The number of thiazole rings is 1. The summed E-state index contributed by atoms with van der Waals surface area (Å²) in [6.07, 6.45) is -0.319. The quantitative estimate of drug-likeness (QED) is 0.932. The van der Waals surface area contributed by atoms with Gasteiger partial charge in [-0.3, -0.25) is 9.69 Å². The third kappa shape index (κ3) is 3.23. The normalized spacial score (nSPS) is 18.1. The van der Waals surface area contributed by atoms with Crippen LogP contribution < -0.4 is 0 Å². The number of carbonyl (C=O) groups excluding carboxylic acids is 1. The zero-order chi connectivity index (χ0) is 14.8. The number of amides is 1. The molecular formula is C15H19N3O2S.